The second-order valence-electron chi connectivity index (χ2n) is 4.78. The van der Waals surface area contributed by atoms with Crippen molar-refractivity contribution in [3.05, 3.63) is 35.9 Å². The average Bonchev–Trinajstić information content (AvgIpc) is 2.79. The number of hydrogen-bond acceptors (Lipinski definition) is 3. The van der Waals surface area contributed by atoms with Crippen molar-refractivity contribution in [2.24, 2.45) is 5.92 Å². The number of ether oxygens (including phenoxy) is 1. The molecule has 1 heterocycles. The third-order valence-electron chi connectivity index (χ3n) is 3.18. The summed E-state index contributed by atoms with van der Waals surface area (Å²) in [6.45, 7) is 2.43. The maximum absolute atomic E-state index is 11.4. The van der Waals surface area contributed by atoms with Crippen molar-refractivity contribution in [1.82, 2.24) is 4.31 Å². The van der Waals surface area contributed by atoms with Crippen LogP contribution < -0.4 is 0 Å². The van der Waals surface area contributed by atoms with Crippen molar-refractivity contribution < 1.29 is 13.2 Å². The highest BCUT2D eigenvalue weighted by Crippen LogP contribution is 2.19. The second-order valence-corrected chi connectivity index (χ2v) is 6.76. The van der Waals surface area contributed by atoms with E-state index >= 15 is 0 Å². The van der Waals surface area contributed by atoms with Crippen LogP contribution in [-0.2, 0) is 21.4 Å². The molecule has 0 aliphatic carbocycles. The summed E-state index contributed by atoms with van der Waals surface area (Å²) in [4.78, 5) is 0. The quantitative estimate of drug-likeness (QED) is 0.813. The van der Waals surface area contributed by atoms with Gasteiger partial charge in [-0.15, -0.1) is 0 Å². The van der Waals surface area contributed by atoms with Gasteiger partial charge in [0.05, 0.1) is 19.5 Å². The lowest BCUT2D eigenvalue weighted by Crippen LogP contribution is -2.28. The largest absolute Gasteiger partial charge is 0.376 e. The molecular formula is C13H19NO3S. The maximum Gasteiger partial charge on any atom is 0.211 e. The van der Waals surface area contributed by atoms with E-state index in [1.807, 2.05) is 30.3 Å². The minimum Gasteiger partial charge on any atom is -0.376 e. The van der Waals surface area contributed by atoms with Gasteiger partial charge in [0.25, 0.3) is 0 Å². The molecule has 1 aliphatic rings. The Labute approximate surface area is 109 Å². The summed E-state index contributed by atoms with van der Waals surface area (Å²) in [7, 11) is -3.03. The zero-order valence-corrected chi connectivity index (χ0v) is 11.4. The van der Waals surface area contributed by atoms with Crippen LogP contribution in [0.15, 0.2) is 30.3 Å². The first kappa shape index (κ1) is 13.5. The molecule has 0 unspecified atom stereocenters. The molecule has 0 aromatic heterocycles. The van der Waals surface area contributed by atoms with Crippen molar-refractivity contribution in [2.45, 2.75) is 13.0 Å². The summed E-state index contributed by atoms with van der Waals surface area (Å²) in [5.74, 6) is 0.323. The Kier molecular flexibility index (Phi) is 4.37. The van der Waals surface area contributed by atoms with Crippen molar-refractivity contribution in [3.8, 4) is 0 Å². The lowest BCUT2D eigenvalue weighted by Gasteiger charge is -2.13. The van der Waals surface area contributed by atoms with E-state index in [1.165, 1.54) is 10.6 Å². The minimum absolute atomic E-state index is 0.323. The first-order chi connectivity index (χ1) is 8.55. The summed E-state index contributed by atoms with van der Waals surface area (Å²) in [5.41, 5.74) is 1.15. The summed E-state index contributed by atoms with van der Waals surface area (Å²) < 4.78 is 29.9. The molecule has 2 rings (SSSR count). The van der Waals surface area contributed by atoms with Gasteiger partial charge in [-0.1, -0.05) is 30.3 Å². The first-order valence-corrected chi connectivity index (χ1v) is 7.97. The molecule has 0 radical (unpaired) electrons. The molecule has 0 amide bonds. The Bertz CT molecular complexity index is 472. The number of benzene rings is 1. The fourth-order valence-corrected chi connectivity index (χ4v) is 3.07. The van der Waals surface area contributed by atoms with E-state index in [-0.39, 0.29) is 0 Å². The molecule has 100 valence electrons. The van der Waals surface area contributed by atoms with E-state index in [1.54, 1.807) is 0 Å². The van der Waals surface area contributed by atoms with Crippen LogP contribution in [0.25, 0.3) is 0 Å². The molecule has 5 heteroatoms. The molecule has 1 fully saturated rings. The van der Waals surface area contributed by atoms with Crippen LogP contribution in [0.1, 0.15) is 12.0 Å². The Balaban J connectivity index is 1.73. The Morgan fingerprint density at radius 2 is 2.06 bits per heavy atom. The van der Waals surface area contributed by atoms with Gasteiger partial charge in [-0.25, -0.2) is 12.7 Å². The van der Waals surface area contributed by atoms with Crippen molar-refractivity contribution >= 4 is 10.0 Å². The van der Waals surface area contributed by atoms with Crippen molar-refractivity contribution in [2.75, 3.05) is 26.0 Å². The van der Waals surface area contributed by atoms with Gasteiger partial charge in [-0.3, -0.25) is 0 Å². The third-order valence-corrected chi connectivity index (χ3v) is 4.45. The fourth-order valence-electron chi connectivity index (χ4n) is 2.15. The molecule has 4 nitrogen and oxygen atoms in total. The van der Waals surface area contributed by atoms with Crippen LogP contribution in [0, 0.1) is 5.92 Å². The van der Waals surface area contributed by atoms with E-state index in [2.05, 4.69) is 0 Å². The third kappa shape index (κ3) is 3.80. The van der Waals surface area contributed by atoms with Gasteiger partial charge in [0.2, 0.25) is 10.0 Å². The van der Waals surface area contributed by atoms with Gasteiger partial charge < -0.3 is 4.74 Å². The smallest absolute Gasteiger partial charge is 0.211 e. The van der Waals surface area contributed by atoms with E-state index in [0.29, 0.717) is 32.2 Å². The van der Waals surface area contributed by atoms with Gasteiger partial charge in [-0.05, 0) is 17.9 Å². The van der Waals surface area contributed by atoms with E-state index in [4.69, 9.17) is 4.74 Å². The summed E-state index contributed by atoms with van der Waals surface area (Å²) in [5, 5.41) is 0. The van der Waals surface area contributed by atoms with Gasteiger partial charge in [0.1, 0.15) is 0 Å². The SMILES string of the molecule is CS(=O)(=O)N1CC[C@@H](COCc2ccccc2)C1. The van der Waals surface area contributed by atoms with E-state index in [9.17, 15) is 8.42 Å². The summed E-state index contributed by atoms with van der Waals surface area (Å²) in [6.07, 6.45) is 2.15. The zero-order chi connectivity index (χ0) is 13.0. The Morgan fingerprint density at radius 1 is 1.33 bits per heavy atom. The minimum atomic E-state index is -3.03. The molecule has 1 aromatic carbocycles. The molecule has 1 aromatic rings. The van der Waals surface area contributed by atoms with Gasteiger partial charge in [-0.2, -0.15) is 0 Å². The first-order valence-electron chi connectivity index (χ1n) is 6.12. The van der Waals surface area contributed by atoms with Gasteiger partial charge >= 0.3 is 0 Å². The standard InChI is InChI=1S/C13H19NO3S/c1-18(15,16)14-8-7-13(9-14)11-17-10-12-5-3-2-4-6-12/h2-6,13H,7-11H2,1H3/t13-/m1/s1. The number of rotatable bonds is 5. The number of nitrogens with zero attached hydrogens (tertiary/aromatic N) is 1. The molecule has 1 saturated heterocycles. The summed E-state index contributed by atoms with van der Waals surface area (Å²) >= 11 is 0. The van der Waals surface area contributed by atoms with Crippen molar-refractivity contribution in [1.29, 1.82) is 0 Å². The van der Waals surface area contributed by atoms with Crippen LogP contribution in [0.5, 0.6) is 0 Å². The highest BCUT2D eigenvalue weighted by atomic mass is 32.2. The lowest BCUT2D eigenvalue weighted by atomic mass is 10.1. The molecule has 0 bridgehead atoms. The molecule has 18 heavy (non-hydrogen) atoms. The van der Waals surface area contributed by atoms with Gasteiger partial charge in [0.15, 0.2) is 0 Å². The molecule has 0 N–H and O–H groups in total. The Hall–Kier alpha value is -0.910. The highest BCUT2D eigenvalue weighted by molar-refractivity contribution is 7.88. The predicted octanol–water partition coefficient (Wildman–Crippen LogP) is 1.48. The van der Waals surface area contributed by atoms with E-state index < -0.39 is 10.0 Å². The maximum atomic E-state index is 11.4. The topological polar surface area (TPSA) is 46.6 Å². The van der Waals surface area contributed by atoms with Crippen LogP contribution in [-0.4, -0.2) is 38.7 Å². The van der Waals surface area contributed by atoms with E-state index in [0.717, 1.165) is 12.0 Å². The van der Waals surface area contributed by atoms with Crippen LogP contribution in [0.4, 0.5) is 0 Å². The predicted molar refractivity (Wildman–Crippen MR) is 70.6 cm³/mol. The molecular weight excluding hydrogens is 250 g/mol. The molecule has 1 aliphatic heterocycles. The summed E-state index contributed by atoms with van der Waals surface area (Å²) in [6, 6.07) is 10.00. The number of sulfonamides is 1. The van der Waals surface area contributed by atoms with Crippen LogP contribution >= 0.6 is 0 Å². The lowest BCUT2D eigenvalue weighted by molar-refractivity contribution is 0.0910. The Morgan fingerprint density at radius 3 is 2.67 bits per heavy atom. The molecule has 0 saturated carbocycles. The second kappa shape index (κ2) is 5.82. The fraction of sp³-hybridized carbons (Fsp3) is 0.538. The van der Waals surface area contributed by atoms with Crippen LogP contribution in [0.3, 0.4) is 0 Å². The van der Waals surface area contributed by atoms with Gasteiger partial charge in [0, 0.05) is 13.1 Å². The molecule has 0 spiro atoms. The average molecular weight is 269 g/mol. The highest BCUT2D eigenvalue weighted by Gasteiger charge is 2.28. The zero-order valence-electron chi connectivity index (χ0n) is 10.6. The monoisotopic (exact) mass is 269 g/mol. The number of hydrogen-bond donors (Lipinski definition) is 0. The molecule has 1 atom stereocenters. The van der Waals surface area contributed by atoms with Crippen molar-refractivity contribution in [3.63, 3.8) is 0 Å². The normalized spacial score (nSPS) is 21.3. The van der Waals surface area contributed by atoms with Crippen LogP contribution in [0.2, 0.25) is 0 Å².